The normalized spacial score (nSPS) is 42.7. The molecule has 0 aromatic rings. The second kappa shape index (κ2) is 4.43. The number of rotatable bonds is 3. The molecule has 2 amide bonds. The van der Waals surface area contributed by atoms with Crippen molar-refractivity contribution < 1.29 is 4.79 Å². The maximum atomic E-state index is 12.1. The summed E-state index contributed by atoms with van der Waals surface area (Å²) in [4.78, 5) is 12.1. The molecule has 2 N–H and O–H groups in total. The van der Waals surface area contributed by atoms with E-state index in [-0.39, 0.29) is 17.6 Å². The number of carbonyl (C=O) groups excluding carboxylic acids is 1. The summed E-state index contributed by atoms with van der Waals surface area (Å²) in [6, 6.07) is 0.338. The minimum absolute atomic E-state index is 0.0614. The van der Waals surface area contributed by atoms with Gasteiger partial charge in [0.2, 0.25) is 0 Å². The van der Waals surface area contributed by atoms with Gasteiger partial charge in [-0.3, -0.25) is 0 Å². The molecular weight excluding hydrogens is 224 g/mol. The predicted molar refractivity (Wildman–Crippen MR) is 72.3 cm³/mol. The van der Waals surface area contributed by atoms with Gasteiger partial charge in [0.1, 0.15) is 0 Å². The first kappa shape index (κ1) is 12.3. The topological polar surface area (TPSA) is 41.1 Å². The van der Waals surface area contributed by atoms with Gasteiger partial charge in [-0.2, -0.15) is 0 Å². The fourth-order valence-electron chi connectivity index (χ4n) is 4.87. The van der Waals surface area contributed by atoms with E-state index >= 15 is 0 Å². The van der Waals surface area contributed by atoms with Crippen molar-refractivity contribution in [2.75, 3.05) is 0 Å². The van der Waals surface area contributed by atoms with Crippen LogP contribution in [0.5, 0.6) is 0 Å². The maximum absolute atomic E-state index is 12.1. The lowest BCUT2D eigenvalue weighted by Crippen LogP contribution is -2.62. The molecule has 0 spiro atoms. The van der Waals surface area contributed by atoms with Crippen molar-refractivity contribution in [3.63, 3.8) is 0 Å². The third kappa shape index (κ3) is 2.24. The average molecular weight is 250 g/mol. The Morgan fingerprint density at radius 2 is 1.67 bits per heavy atom. The molecule has 0 aromatic carbocycles. The van der Waals surface area contributed by atoms with Crippen LogP contribution >= 0.6 is 0 Å². The third-order valence-corrected chi connectivity index (χ3v) is 5.41. The fourth-order valence-corrected chi connectivity index (χ4v) is 4.87. The molecule has 4 bridgehead atoms. The highest BCUT2D eigenvalue weighted by atomic mass is 16.2. The molecule has 3 heteroatoms. The molecule has 18 heavy (non-hydrogen) atoms. The van der Waals surface area contributed by atoms with Crippen LogP contribution in [0, 0.1) is 17.8 Å². The Labute approximate surface area is 110 Å². The Balaban J connectivity index is 1.63. The Hall–Kier alpha value is -0.730. The molecule has 0 aliphatic heterocycles. The summed E-state index contributed by atoms with van der Waals surface area (Å²) in [7, 11) is 0. The summed E-state index contributed by atoms with van der Waals surface area (Å²) in [6.07, 6.45) is 8.96. The predicted octanol–water partition coefficient (Wildman–Crippen LogP) is 3.05. The molecule has 0 heterocycles. The lowest BCUT2D eigenvalue weighted by atomic mass is 9.53. The summed E-state index contributed by atoms with van der Waals surface area (Å²) >= 11 is 0. The van der Waals surface area contributed by atoms with Gasteiger partial charge in [0.05, 0.1) is 0 Å². The van der Waals surface area contributed by atoms with Crippen molar-refractivity contribution >= 4 is 6.03 Å². The second-order valence-electron chi connectivity index (χ2n) is 7.11. The molecule has 0 saturated heterocycles. The van der Waals surface area contributed by atoms with E-state index in [2.05, 4.69) is 24.5 Å². The SMILES string of the molecule is CCC(C)NC(=O)NC12CC3CC(CC(C3)C1)C2. The first-order chi connectivity index (χ1) is 8.58. The molecule has 4 rings (SSSR count). The number of carbonyl (C=O) groups is 1. The Morgan fingerprint density at radius 1 is 1.17 bits per heavy atom. The van der Waals surface area contributed by atoms with Crippen LogP contribution in [0.2, 0.25) is 0 Å². The van der Waals surface area contributed by atoms with Gasteiger partial charge in [-0.15, -0.1) is 0 Å². The first-order valence-corrected chi connectivity index (χ1v) is 7.67. The zero-order valence-corrected chi connectivity index (χ0v) is 11.7. The second-order valence-corrected chi connectivity index (χ2v) is 7.11. The minimum atomic E-state index is 0.0614. The molecule has 4 fully saturated rings. The van der Waals surface area contributed by atoms with Crippen molar-refractivity contribution in [3.8, 4) is 0 Å². The number of hydrogen-bond donors (Lipinski definition) is 2. The van der Waals surface area contributed by atoms with Gasteiger partial charge >= 0.3 is 6.03 Å². The number of nitrogens with one attached hydrogen (secondary N) is 2. The lowest BCUT2D eigenvalue weighted by Gasteiger charge is -2.56. The highest BCUT2D eigenvalue weighted by Crippen LogP contribution is 2.55. The molecule has 0 radical (unpaired) electrons. The van der Waals surface area contributed by atoms with Crippen molar-refractivity contribution in [2.24, 2.45) is 17.8 Å². The number of amides is 2. The van der Waals surface area contributed by atoms with Crippen LogP contribution < -0.4 is 10.6 Å². The first-order valence-electron chi connectivity index (χ1n) is 7.67. The van der Waals surface area contributed by atoms with Gasteiger partial charge in [-0.05, 0) is 69.6 Å². The largest absolute Gasteiger partial charge is 0.336 e. The molecule has 4 aliphatic rings. The van der Waals surface area contributed by atoms with Crippen LogP contribution in [-0.2, 0) is 0 Å². The van der Waals surface area contributed by atoms with E-state index in [1.54, 1.807) is 0 Å². The maximum Gasteiger partial charge on any atom is 0.315 e. The van der Waals surface area contributed by atoms with Crippen LogP contribution in [0.15, 0.2) is 0 Å². The number of urea groups is 1. The number of hydrogen-bond acceptors (Lipinski definition) is 1. The van der Waals surface area contributed by atoms with Gasteiger partial charge in [-0.25, -0.2) is 4.79 Å². The van der Waals surface area contributed by atoms with Crippen LogP contribution in [0.1, 0.15) is 58.8 Å². The van der Waals surface area contributed by atoms with E-state index in [9.17, 15) is 4.79 Å². The van der Waals surface area contributed by atoms with Gasteiger partial charge in [0.15, 0.2) is 0 Å². The zero-order valence-electron chi connectivity index (χ0n) is 11.7. The smallest absolute Gasteiger partial charge is 0.315 e. The van der Waals surface area contributed by atoms with Gasteiger partial charge in [-0.1, -0.05) is 6.92 Å². The molecule has 4 saturated carbocycles. The van der Waals surface area contributed by atoms with E-state index in [0.717, 1.165) is 24.2 Å². The lowest BCUT2D eigenvalue weighted by molar-refractivity contribution is -0.0136. The summed E-state index contributed by atoms with van der Waals surface area (Å²) in [5.74, 6) is 2.67. The molecular formula is C15H26N2O. The zero-order chi connectivity index (χ0) is 12.8. The van der Waals surface area contributed by atoms with Gasteiger partial charge < -0.3 is 10.6 Å². The minimum Gasteiger partial charge on any atom is -0.336 e. The van der Waals surface area contributed by atoms with E-state index in [1.807, 2.05) is 0 Å². The summed E-state index contributed by atoms with van der Waals surface area (Å²) in [5.41, 5.74) is 0.145. The average Bonchev–Trinajstić information content (AvgIpc) is 2.25. The third-order valence-electron chi connectivity index (χ3n) is 5.41. The Kier molecular flexibility index (Phi) is 3.03. The monoisotopic (exact) mass is 250 g/mol. The molecule has 4 aliphatic carbocycles. The van der Waals surface area contributed by atoms with Crippen LogP contribution in [-0.4, -0.2) is 17.6 Å². The van der Waals surface area contributed by atoms with Crippen LogP contribution in [0.4, 0.5) is 4.79 Å². The highest BCUT2D eigenvalue weighted by molar-refractivity contribution is 5.75. The molecule has 0 aromatic heterocycles. The van der Waals surface area contributed by atoms with E-state index in [4.69, 9.17) is 0 Å². The van der Waals surface area contributed by atoms with Crippen molar-refractivity contribution in [2.45, 2.75) is 70.4 Å². The molecule has 3 nitrogen and oxygen atoms in total. The van der Waals surface area contributed by atoms with Crippen LogP contribution in [0.25, 0.3) is 0 Å². The summed E-state index contributed by atoms with van der Waals surface area (Å²) in [6.45, 7) is 4.18. The van der Waals surface area contributed by atoms with Crippen molar-refractivity contribution in [3.05, 3.63) is 0 Å². The highest BCUT2D eigenvalue weighted by Gasteiger charge is 2.51. The fraction of sp³-hybridized carbons (Fsp3) is 0.933. The summed E-state index contributed by atoms with van der Waals surface area (Å²) < 4.78 is 0. The van der Waals surface area contributed by atoms with Gasteiger partial charge in [0, 0.05) is 11.6 Å². The molecule has 102 valence electrons. The van der Waals surface area contributed by atoms with Crippen molar-refractivity contribution in [1.29, 1.82) is 0 Å². The van der Waals surface area contributed by atoms with Crippen molar-refractivity contribution in [1.82, 2.24) is 10.6 Å². The van der Waals surface area contributed by atoms with Crippen LogP contribution in [0.3, 0.4) is 0 Å². The van der Waals surface area contributed by atoms with E-state index in [1.165, 1.54) is 38.5 Å². The molecule has 1 atom stereocenters. The standard InChI is InChI=1S/C15H26N2O/c1-3-10(2)16-14(18)17-15-7-11-4-12(8-15)6-13(5-11)9-15/h10-13H,3-9H2,1-2H3,(H2,16,17,18). The quantitative estimate of drug-likeness (QED) is 0.794. The van der Waals surface area contributed by atoms with E-state index < -0.39 is 0 Å². The van der Waals surface area contributed by atoms with Gasteiger partial charge in [0.25, 0.3) is 0 Å². The Morgan fingerprint density at radius 3 is 2.11 bits per heavy atom. The summed E-state index contributed by atoms with van der Waals surface area (Å²) in [5, 5.41) is 6.39. The Bertz CT molecular complexity index is 304. The molecule has 1 unspecified atom stereocenters. The van der Waals surface area contributed by atoms with E-state index in [0.29, 0.717) is 0 Å².